The molecule has 0 aliphatic heterocycles. The van der Waals surface area contributed by atoms with Crippen LogP contribution in [-0.4, -0.2) is 0 Å². The zero-order valence-corrected chi connectivity index (χ0v) is 15.2. The lowest BCUT2D eigenvalue weighted by atomic mass is 9.93. The van der Waals surface area contributed by atoms with Crippen LogP contribution >= 0.6 is 0 Å². The molecule has 25 heavy (non-hydrogen) atoms. The van der Waals surface area contributed by atoms with Gasteiger partial charge in [-0.1, -0.05) is 56.3 Å². The molecule has 1 unspecified atom stereocenters. The summed E-state index contributed by atoms with van der Waals surface area (Å²) in [5.74, 6) is 2.57. The first kappa shape index (κ1) is 16.0. The molecule has 0 amide bonds. The Balaban J connectivity index is 1.72. The van der Waals surface area contributed by atoms with E-state index in [1.54, 1.807) is 0 Å². The average Bonchev–Trinajstić information content (AvgIpc) is 3.26. The average molecular weight is 328 g/mol. The third kappa shape index (κ3) is 2.95. The number of rotatable bonds is 4. The topological polar surface area (TPSA) is 13.1 Å². The largest absolute Gasteiger partial charge is 0.462 e. The minimum Gasteiger partial charge on any atom is -0.462 e. The molecule has 0 saturated heterocycles. The van der Waals surface area contributed by atoms with Gasteiger partial charge in [0.25, 0.3) is 0 Å². The summed E-state index contributed by atoms with van der Waals surface area (Å²) in [6, 6.07) is 19.8. The normalized spacial score (nSPS) is 14.3. The Kier molecular flexibility index (Phi) is 4.09. The summed E-state index contributed by atoms with van der Waals surface area (Å²) in [4.78, 5) is 0. The van der Waals surface area contributed by atoms with E-state index in [1.165, 1.54) is 39.8 Å². The van der Waals surface area contributed by atoms with Crippen LogP contribution in [0.2, 0.25) is 0 Å². The van der Waals surface area contributed by atoms with Crippen molar-refractivity contribution >= 4 is 11.6 Å². The minimum atomic E-state index is 0.615. The molecule has 4 rings (SSSR count). The fourth-order valence-electron chi connectivity index (χ4n) is 3.61. The predicted octanol–water partition coefficient (Wildman–Crippen LogP) is 6.87. The molecule has 0 spiro atoms. The van der Waals surface area contributed by atoms with Crippen LogP contribution in [0.3, 0.4) is 0 Å². The van der Waals surface area contributed by atoms with Gasteiger partial charge in [-0.25, -0.2) is 0 Å². The van der Waals surface area contributed by atoms with Gasteiger partial charge in [0.1, 0.15) is 11.5 Å². The van der Waals surface area contributed by atoms with E-state index in [0.717, 1.165) is 17.9 Å². The Hall–Kier alpha value is -2.54. The smallest absolute Gasteiger partial charge is 0.130 e. The first-order chi connectivity index (χ1) is 12.2. The number of aryl methyl sites for hydroxylation is 1. The maximum Gasteiger partial charge on any atom is 0.130 e. The molecule has 1 heteroatoms. The number of allylic oxidation sites excluding steroid dienone is 1. The lowest BCUT2D eigenvalue weighted by molar-refractivity contribution is 0.521. The molecule has 1 aromatic heterocycles. The van der Waals surface area contributed by atoms with E-state index in [1.807, 2.05) is 13.0 Å². The second kappa shape index (κ2) is 6.40. The van der Waals surface area contributed by atoms with Crippen LogP contribution in [0.1, 0.15) is 54.4 Å². The molecule has 126 valence electrons. The van der Waals surface area contributed by atoms with Gasteiger partial charge in [-0.3, -0.25) is 0 Å². The summed E-state index contributed by atoms with van der Waals surface area (Å²) < 4.78 is 5.83. The van der Waals surface area contributed by atoms with Crippen LogP contribution < -0.4 is 0 Å². The molecule has 0 saturated carbocycles. The van der Waals surface area contributed by atoms with Crippen molar-refractivity contribution in [1.82, 2.24) is 0 Å². The zero-order chi connectivity index (χ0) is 17.4. The van der Waals surface area contributed by atoms with Gasteiger partial charge in [0.15, 0.2) is 0 Å². The van der Waals surface area contributed by atoms with E-state index >= 15 is 0 Å². The molecule has 3 aromatic rings. The molecule has 1 aliphatic carbocycles. The molecule has 1 atom stereocenters. The Morgan fingerprint density at radius 3 is 2.48 bits per heavy atom. The van der Waals surface area contributed by atoms with Gasteiger partial charge in [0.05, 0.1) is 0 Å². The molecule has 0 bridgehead atoms. The van der Waals surface area contributed by atoms with Gasteiger partial charge in [-0.2, -0.15) is 0 Å². The molecular weight excluding hydrogens is 304 g/mol. The highest BCUT2D eigenvalue weighted by molar-refractivity contribution is 5.92. The van der Waals surface area contributed by atoms with E-state index in [-0.39, 0.29) is 0 Å². The van der Waals surface area contributed by atoms with E-state index in [2.05, 4.69) is 68.5 Å². The maximum atomic E-state index is 5.83. The summed E-state index contributed by atoms with van der Waals surface area (Å²) in [5, 5.41) is 0. The van der Waals surface area contributed by atoms with Gasteiger partial charge in [-0.15, -0.1) is 0 Å². The molecular formula is C24H24O. The van der Waals surface area contributed by atoms with Gasteiger partial charge in [0, 0.05) is 6.42 Å². The minimum absolute atomic E-state index is 0.615. The lowest BCUT2D eigenvalue weighted by Crippen LogP contribution is -1.92. The summed E-state index contributed by atoms with van der Waals surface area (Å²) in [6.45, 7) is 6.53. The van der Waals surface area contributed by atoms with Gasteiger partial charge in [0.2, 0.25) is 0 Å². The van der Waals surface area contributed by atoms with Crippen LogP contribution in [0, 0.1) is 6.92 Å². The summed E-state index contributed by atoms with van der Waals surface area (Å²) >= 11 is 0. The molecule has 0 fully saturated rings. The Bertz CT molecular complexity index is 925. The fraction of sp³-hybridized carbons (Fsp3) is 0.250. The third-order valence-corrected chi connectivity index (χ3v) is 5.36. The number of benzene rings is 2. The Morgan fingerprint density at radius 2 is 1.80 bits per heavy atom. The number of fused-ring (bicyclic) bond motifs is 1. The van der Waals surface area contributed by atoms with Gasteiger partial charge in [-0.05, 0) is 70.9 Å². The number of hydrogen-bond acceptors (Lipinski definition) is 1. The van der Waals surface area contributed by atoms with Crippen molar-refractivity contribution in [2.45, 2.75) is 39.5 Å². The summed E-state index contributed by atoms with van der Waals surface area (Å²) in [7, 11) is 0. The molecule has 1 heterocycles. The fourth-order valence-corrected chi connectivity index (χ4v) is 3.61. The highest BCUT2D eigenvalue weighted by Crippen LogP contribution is 2.38. The molecule has 2 aromatic carbocycles. The van der Waals surface area contributed by atoms with Crippen molar-refractivity contribution in [3.63, 3.8) is 0 Å². The highest BCUT2D eigenvalue weighted by Gasteiger charge is 2.19. The molecule has 1 nitrogen and oxygen atoms in total. The molecule has 1 aliphatic rings. The second-order valence-electron chi connectivity index (χ2n) is 7.07. The quantitative estimate of drug-likeness (QED) is 0.509. The number of furan rings is 1. The Morgan fingerprint density at radius 1 is 1.00 bits per heavy atom. The van der Waals surface area contributed by atoms with Crippen LogP contribution in [0.25, 0.3) is 22.8 Å². The number of hydrogen-bond donors (Lipinski definition) is 0. The van der Waals surface area contributed by atoms with Crippen molar-refractivity contribution < 1.29 is 4.42 Å². The van der Waals surface area contributed by atoms with Gasteiger partial charge < -0.3 is 4.42 Å². The van der Waals surface area contributed by atoms with Crippen LogP contribution in [-0.2, 0) is 6.42 Å². The van der Waals surface area contributed by atoms with E-state index in [4.69, 9.17) is 4.42 Å². The van der Waals surface area contributed by atoms with Crippen LogP contribution in [0.15, 0.2) is 59.0 Å². The van der Waals surface area contributed by atoms with Crippen molar-refractivity contribution in [2.24, 2.45) is 0 Å². The van der Waals surface area contributed by atoms with E-state index in [9.17, 15) is 0 Å². The second-order valence-corrected chi connectivity index (χ2v) is 7.07. The monoisotopic (exact) mass is 328 g/mol. The summed E-state index contributed by atoms with van der Waals surface area (Å²) in [6.07, 6.45) is 4.42. The first-order valence-corrected chi connectivity index (χ1v) is 9.15. The van der Waals surface area contributed by atoms with Crippen molar-refractivity contribution in [3.05, 3.63) is 82.8 Å². The van der Waals surface area contributed by atoms with Crippen molar-refractivity contribution in [3.8, 4) is 11.1 Å². The zero-order valence-electron chi connectivity index (χ0n) is 15.2. The first-order valence-electron chi connectivity index (χ1n) is 9.15. The van der Waals surface area contributed by atoms with Gasteiger partial charge >= 0.3 is 0 Å². The predicted molar refractivity (Wildman–Crippen MR) is 106 cm³/mol. The highest BCUT2D eigenvalue weighted by atomic mass is 16.3. The molecule has 0 N–H and O–H groups in total. The Labute approximate surface area is 150 Å². The van der Waals surface area contributed by atoms with E-state index in [0.29, 0.717) is 5.92 Å². The lowest BCUT2D eigenvalue weighted by Gasteiger charge is -2.11. The summed E-state index contributed by atoms with van der Waals surface area (Å²) in [5.41, 5.74) is 8.01. The standard InChI is InChI=1S/C24H24O/c1-4-16(2)18-9-11-19(12-10-18)22-7-5-6-20-14-21(15-23(20)22)24-13-8-17(3)25-24/h5-13,15-16H,4,14H2,1-3H3. The van der Waals surface area contributed by atoms with Crippen LogP contribution in [0.5, 0.6) is 0 Å². The maximum absolute atomic E-state index is 5.83. The van der Waals surface area contributed by atoms with Crippen LogP contribution in [0.4, 0.5) is 0 Å². The van der Waals surface area contributed by atoms with Crippen molar-refractivity contribution in [1.29, 1.82) is 0 Å². The van der Waals surface area contributed by atoms with Crippen molar-refractivity contribution in [2.75, 3.05) is 0 Å². The van der Waals surface area contributed by atoms with E-state index < -0.39 is 0 Å². The molecule has 0 radical (unpaired) electrons. The third-order valence-electron chi connectivity index (χ3n) is 5.36. The SMILES string of the molecule is CCC(C)c1ccc(-c2cccc3c2C=C(c2ccc(C)o2)C3)cc1.